The van der Waals surface area contributed by atoms with Gasteiger partial charge in [0.15, 0.2) is 0 Å². The minimum absolute atomic E-state index is 0.139. The normalized spacial score (nSPS) is 23.5. The van der Waals surface area contributed by atoms with E-state index in [9.17, 15) is 8.42 Å². The molecule has 1 aromatic heterocycles. The molecule has 1 aromatic carbocycles. The van der Waals surface area contributed by atoms with Crippen molar-refractivity contribution in [2.24, 2.45) is 5.92 Å². The topological polar surface area (TPSA) is 72.5 Å². The fraction of sp³-hybridized carbons (Fsp3) is 0.625. The van der Waals surface area contributed by atoms with E-state index in [-0.39, 0.29) is 6.04 Å². The van der Waals surface area contributed by atoms with Gasteiger partial charge < -0.3 is 9.88 Å². The van der Waals surface area contributed by atoms with E-state index in [1.54, 1.807) is 14.9 Å². The molecule has 1 unspecified atom stereocenters. The highest BCUT2D eigenvalue weighted by Crippen LogP contribution is 2.35. The number of nitrogens with zero attached hydrogens (tertiary/aromatic N) is 4. The summed E-state index contributed by atoms with van der Waals surface area (Å²) in [5, 5.41) is 0. The van der Waals surface area contributed by atoms with Crippen LogP contribution in [0.2, 0.25) is 0 Å². The van der Waals surface area contributed by atoms with Crippen LogP contribution in [0.3, 0.4) is 0 Å². The van der Waals surface area contributed by atoms with Crippen molar-refractivity contribution in [2.75, 3.05) is 24.5 Å². The minimum atomic E-state index is -3.46. The first kappa shape index (κ1) is 21.9. The van der Waals surface area contributed by atoms with Gasteiger partial charge in [0, 0.05) is 44.1 Å². The van der Waals surface area contributed by atoms with Crippen LogP contribution in [0.4, 0.5) is 5.69 Å². The van der Waals surface area contributed by atoms with Gasteiger partial charge in [0.2, 0.25) is 0 Å². The Labute approximate surface area is 192 Å². The molecule has 7 nitrogen and oxygen atoms in total. The number of benzene rings is 1. The lowest BCUT2D eigenvalue weighted by molar-refractivity contribution is 0.324. The number of fused-ring (bicyclic) bond motifs is 1. The van der Waals surface area contributed by atoms with E-state index < -0.39 is 10.2 Å². The number of rotatable bonds is 7. The maximum atomic E-state index is 13.6. The smallest absolute Gasteiger partial charge is 0.282 e. The molecule has 3 heterocycles. The molecule has 32 heavy (non-hydrogen) atoms. The lowest BCUT2D eigenvalue weighted by Crippen LogP contribution is -2.47. The number of H-pyrrole nitrogens is 1. The third-order valence-corrected chi connectivity index (χ3v) is 9.45. The first-order chi connectivity index (χ1) is 15.6. The maximum Gasteiger partial charge on any atom is 0.282 e. The van der Waals surface area contributed by atoms with Crippen LogP contribution < -0.4 is 4.90 Å². The molecule has 8 heteroatoms. The van der Waals surface area contributed by atoms with Crippen LogP contribution in [-0.2, 0) is 23.3 Å². The van der Waals surface area contributed by atoms with Crippen molar-refractivity contribution in [3.8, 4) is 0 Å². The van der Waals surface area contributed by atoms with Crippen LogP contribution in [0, 0.1) is 5.92 Å². The van der Waals surface area contributed by atoms with Gasteiger partial charge in [-0.1, -0.05) is 43.9 Å². The highest BCUT2D eigenvalue weighted by molar-refractivity contribution is 7.86. The van der Waals surface area contributed by atoms with E-state index >= 15 is 0 Å². The Morgan fingerprint density at radius 3 is 2.53 bits per heavy atom. The molecule has 1 atom stereocenters. The summed E-state index contributed by atoms with van der Waals surface area (Å²) < 4.78 is 30.6. The molecule has 0 bridgehead atoms. The van der Waals surface area contributed by atoms with Crippen LogP contribution >= 0.6 is 0 Å². The quantitative estimate of drug-likeness (QED) is 0.684. The van der Waals surface area contributed by atoms with Crippen LogP contribution in [0.1, 0.15) is 62.6 Å². The van der Waals surface area contributed by atoms with E-state index in [0.717, 1.165) is 42.1 Å². The van der Waals surface area contributed by atoms with Crippen molar-refractivity contribution >= 4 is 15.9 Å². The van der Waals surface area contributed by atoms with Gasteiger partial charge in [0.05, 0.1) is 18.6 Å². The van der Waals surface area contributed by atoms with E-state index in [0.29, 0.717) is 32.7 Å². The van der Waals surface area contributed by atoms with E-state index in [2.05, 4.69) is 33.1 Å². The lowest BCUT2D eigenvalue weighted by Gasteiger charge is -2.35. The van der Waals surface area contributed by atoms with Gasteiger partial charge in [-0.15, -0.1) is 0 Å². The molecule has 2 aromatic rings. The number of hydrogen-bond acceptors (Lipinski definition) is 4. The zero-order valence-corrected chi connectivity index (χ0v) is 19.6. The van der Waals surface area contributed by atoms with Gasteiger partial charge in [0.1, 0.15) is 0 Å². The second-order valence-corrected chi connectivity index (χ2v) is 11.6. The molecule has 1 aliphatic carbocycles. The first-order valence-electron chi connectivity index (χ1n) is 12.2. The molecule has 0 amide bonds. The van der Waals surface area contributed by atoms with Gasteiger partial charge in [0.25, 0.3) is 10.2 Å². The standard InChI is InChI=1S/C24H35N5O2S/c30-32(31,27-13-5-6-14-27)28-16-21-9-3-4-10-24(21)29(17-22-15-25-19-26-22)23(18-28)12-11-20-7-1-2-8-20/h3-4,9-10,15,19-20,23H,1-2,5-8,11-14,16-18H2,(H,25,26). The van der Waals surface area contributed by atoms with Gasteiger partial charge in [-0.2, -0.15) is 17.0 Å². The molecule has 1 saturated heterocycles. The van der Waals surface area contributed by atoms with Gasteiger partial charge in [-0.3, -0.25) is 0 Å². The summed E-state index contributed by atoms with van der Waals surface area (Å²) in [4.78, 5) is 9.89. The summed E-state index contributed by atoms with van der Waals surface area (Å²) in [5.41, 5.74) is 3.29. The predicted molar refractivity (Wildman–Crippen MR) is 126 cm³/mol. The number of nitrogens with one attached hydrogen (secondary N) is 1. The van der Waals surface area contributed by atoms with Crippen molar-refractivity contribution in [3.05, 3.63) is 48.0 Å². The van der Waals surface area contributed by atoms with E-state index in [1.807, 2.05) is 12.3 Å². The second-order valence-electron chi connectivity index (χ2n) is 9.62. The lowest BCUT2D eigenvalue weighted by atomic mass is 9.97. The first-order valence-corrected chi connectivity index (χ1v) is 13.6. The Bertz CT molecular complexity index is 982. The molecular formula is C24H35N5O2S. The average molecular weight is 458 g/mol. The minimum Gasteiger partial charge on any atom is -0.361 e. The van der Waals surface area contributed by atoms with Gasteiger partial charge >= 0.3 is 0 Å². The summed E-state index contributed by atoms with van der Waals surface area (Å²) >= 11 is 0. The molecule has 2 aliphatic heterocycles. The van der Waals surface area contributed by atoms with Gasteiger partial charge in [-0.05, 0) is 43.2 Å². The zero-order chi connectivity index (χ0) is 22.0. The van der Waals surface area contributed by atoms with Crippen molar-refractivity contribution in [1.29, 1.82) is 0 Å². The number of imidazole rings is 1. The third-order valence-electron chi connectivity index (χ3n) is 7.50. The summed E-state index contributed by atoms with van der Waals surface area (Å²) in [6, 6.07) is 8.46. The summed E-state index contributed by atoms with van der Waals surface area (Å²) in [6.07, 6.45) is 13.0. The highest BCUT2D eigenvalue weighted by atomic mass is 32.2. The van der Waals surface area contributed by atoms with Crippen LogP contribution in [-0.4, -0.2) is 52.7 Å². The van der Waals surface area contributed by atoms with Crippen LogP contribution in [0.25, 0.3) is 0 Å². The van der Waals surface area contributed by atoms with Crippen molar-refractivity contribution < 1.29 is 8.42 Å². The Balaban J connectivity index is 1.48. The van der Waals surface area contributed by atoms with Crippen LogP contribution in [0.5, 0.6) is 0 Å². The second kappa shape index (κ2) is 9.53. The van der Waals surface area contributed by atoms with E-state index in [4.69, 9.17) is 0 Å². The fourth-order valence-corrected chi connectivity index (χ4v) is 7.42. The van der Waals surface area contributed by atoms with Crippen molar-refractivity contribution in [3.63, 3.8) is 0 Å². The third kappa shape index (κ3) is 4.58. The zero-order valence-electron chi connectivity index (χ0n) is 18.8. The summed E-state index contributed by atoms with van der Waals surface area (Å²) in [5.74, 6) is 0.783. The Hall–Kier alpha value is -1.90. The van der Waals surface area contributed by atoms with Crippen molar-refractivity contribution in [1.82, 2.24) is 18.6 Å². The molecule has 2 fully saturated rings. The largest absolute Gasteiger partial charge is 0.361 e. The Morgan fingerprint density at radius 2 is 1.78 bits per heavy atom. The average Bonchev–Trinajstić information content (AvgIpc) is 3.57. The van der Waals surface area contributed by atoms with Crippen molar-refractivity contribution in [2.45, 2.75) is 70.5 Å². The Kier molecular flexibility index (Phi) is 6.53. The monoisotopic (exact) mass is 457 g/mol. The number of aromatic amines is 1. The highest BCUT2D eigenvalue weighted by Gasteiger charge is 2.37. The molecule has 1 saturated carbocycles. The van der Waals surface area contributed by atoms with Gasteiger partial charge in [-0.25, -0.2) is 4.98 Å². The summed E-state index contributed by atoms with van der Waals surface area (Å²) in [7, 11) is -3.46. The maximum absolute atomic E-state index is 13.6. The molecule has 1 N–H and O–H groups in total. The van der Waals surface area contributed by atoms with E-state index in [1.165, 1.54) is 32.1 Å². The molecule has 174 valence electrons. The SMILES string of the molecule is O=S(=O)(N1CCCC1)N1Cc2ccccc2N(Cc2cnc[nH]2)C(CCC2CCCC2)C1. The fourth-order valence-electron chi connectivity index (χ4n) is 5.71. The number of para-hydroxylation sites is 1. The summed E-state index contributed by atoms with van der Waals surface area (Å²) in [6.45, 7) is 2.98. The number of anilines is 1. The molecule has 0 radical (unpaired) electrons. The molecular weight excluding hydrogens is 422 g/mol. The molecule has 3 aliphatic rings. The number of hydrogen-bond donors (Lipinski definition) is 1. The molecule has 0 spiro atoms. The Morgan fingerprint density at radius 1 is 1.00 bits per heavy atom. The van der Waals surface area contributed by atoms with Crippen LogP contribution in [0.15, 0.2) is 36.8 Å². The number of aromatic nitrogens is 2. The molecule has 5 rings (SSSR count). The predicted octanol–water partition coefficient (Wildman–Crippen LogP) is 3.91.